The van der Waals surface area contributed by atoms with Crippen LogP contribution >= 0.6 is 0 Å². The van der Waals surface area contributed by atoms with Crippen LogP contribution in [0.3, 0.4) is 0 Å². The van der Waals surface area contributed by atoms with Gasteiger partial charge in [-0.3, -0.25) is 0 Å². The first kappa shape index (κ1) is 20.9. The molecule has 3 nitrogen and oxygen atoms in total. The topological polar surface area (TPSA) is 52.5 Å². The minimum absolute atomic E-state index is 0.499. The fourth-order valence-corrected chi connectivity index (χ4v) is 5.79. The largest absolute Gasteiger partial charge is 0.308 e. The summed E-state index contributed by atoms with van der Waals surface area (Å²) in [5, 5.41) is 26.6. The Bertz CT molecular complexity index is 1970. The Labute approximate surface area is 213 Å². The van der Waals surface area contributed by atoms with Gasteiger partial charge in [0.15, 0.2) is 0 Å². The van der Waals surface area contributed by atoms with Gasteiger partial charge in [0, 0.05) is 32.7 Å². The number of hydrogen-bond acceptors (Lipinski definition) is 2. The van der Waals surface area contributed by atoms with E-state index >= 15 is 0 Å². The van der Waals surface area contributed by atoms with Gasteiger partial charge in [0.05, 0.1) is 40.0 Å². The van der Waals surface area contributed by atoms with E-state index in [1.54, 1.807) is 18.2 Å². The molecule has 0 N–H and O–H groups in total. The van der Waals surface area contributed by atoms with E-state index in [-0.39, 0.29) is 0 Å². The van der Waals surface area contributed by atoms with Crippen molar-refractivity contribution in [3.63, 3.8) is 0 Å². The van der Waals surface area contributed by atoms with Crippen LogP contribution in [-0.2, 0) is 0 Å². The van der Waals surface area contributed by atoms with Crippen molar-refractivity contribution in [1.29, 1.82) is 10.5 Å². The molecule has 6 aromatic carbocycles. The van der Waals surface area contributed by atoms with E-state index in [1.807, 2.05) is 12.1 Å². The molecular formula is C34H19N3. The molecule has 0 aliphatic rings. The number of hydrogen-bond donors (Lipinski definition) is 0. The summed E-state index contributed by atoms with van der Waals surface area (Å²) >= 11 is 0. The molecule has 37 heavy (non-hydrogen) atoms. The monoisotopic (exact) mass is 469 g/mol. The third-order valence-corrected chi connectivity index (χ3v) is 7.26. The van der Waals surface area contributed by atoms with Crippen LogP contribution in [0.1, 0.15) is 11.1 Å². The van der Waals surface area contributed by atoms with Crippen LogP contribution in [-0.4, -0.2) is 4.57 Å². The number of benzene rings is 6. The van der Waals surface area contributed by atoms with Crippen LogP contribution in [0, 0.1) is 22.7 Å². The first-order valence-electron chi connectivity index (χ1n) is 12.2. The van der Waals surface area contributed by atoms with Crippen LogP contribution in [0.2, 0.25) is 0 Å². The lowest BCUT2D eigenvalue weighted by atomic mass is 9.86. The Morgan fingerprint density at radius 3 is 1.27 bits per heavy atom. The van der Waals surface area contributed by atoms with Crippen molar-refractivity contribution in [2.24, 2.45) is 0 Å². The lowest BCUT2D eigenvalue weighted by Crippen LogP contribution is -2.00. The van der Waals surface area contributed by atoms with Crippen molar-refractivity contribution in [2.75, 3.05) is 0 Å². The Hall–Kier alpha value is -5.38. The Kier molecular flexibility index (Phi) is 4.58. The molecule has 1 aromatic heterocycles. The maximum atomic E-state index is 10.0. The van der Waals surface area contributed by atoms with Gasteiger partial charge >= 0.3 is 0 Å². The minimum atomic E-state index is 0.499. The predicted octanol–water partition coefficient (Wildman–Crippen LogP) is 8.50. The number of nitrogens with zero attached hydrogens (tertiary/aromatic N) is 3. The van der Waals surface area contributed by atoms with Gasteiger partial charge in [0.2, 0.25) is 0 Å². The molecule has 7 aromatic rings. The van der Waals surface area contributed by atoms with Crippen LogP contribution < -0.4 is 0 Å². The molecule has 3 heteroatoms. The molecule has 170 valence electrons. The highest BCUT2D eigenvalue weighted by Crippen LogP contribution is 2.45. The van der Waals surface area contributed by atoms with Gasteiger partial charge in [-0.15, -0.1) is 0 Å². The van der Waals surface area contributed by atoms with Gasteiger partial charge in [-0.25, -0.2) is 0 Å². The first-order chi connectivity index (χ1) is 18.3. The Balaban J connectivity index is 1.76. The molecule has 0 aliphatic carbocycles. The van der Waals surface area contributed by atoms with Gasteiger partial charge in [-0.05, 0) is 35.0 Å². The van der Waals surface area contributed by atoms with Gasteiger partial charge in [0.25, 0.3) is 0 Å². The molecule has 0 saturated heterocycles. The lowest BCUT2D eigenvalue weighted by Gasteiger charge is -2.20. The zero-order chi connectivity index (χ0) is 24.9. The molecule has 0 radical (unpaired) electrons. The number of fused-ring (bicyclic) bond motifs is 5. The minimum Gasteiger partial charge on any atom is -0.308 e. The van der Waals surface area contributed by atoms with E-state index in [4.69, 9.17) is 0 Å². The van der Waals surface area contributed by atoms with Crippen molar-refractivity contribution >= 4 is 43.4 Å². The second-order valence-electron chi connectivity index (χ2n) is 9.14. The average molecular weight is 470 g/mol. The SMILES string of the molecule is N#Cc1cccc(C#N)c1-c1c2ccccc2c(-n2c3ccccc3c3ccccc32)c2ccccc12. The van der Waals surface area contributed by atoms with Crippen molar-refractivity contribution in [3.05, 3.63) is 126 Å². The quantitative estimate of drug-likeness (QED) is 0.238. The molecule has 0 atom stereocenters. The van der Waals surface area contributed by atoms with Crippen molar-refractivity contribution in [1.82, 2.24) is 4.57 Å². The highest BCUT2D eigenvalue weighted by molar-refractivity contribution is 6.21. The summed E-state index contributed by atoms with van der Waals surface area (Å²) < 4.78 is 2.36. The molecule has 0 saturated carbocycles. The van der Waals surface area contributed by atoms with E-state index in [9.17, 15) is 10.5 Å². The van der Waals surface area contributed by atoms with Gasteiger partial charge in [-0.1, -0.05) is 91.0 Å². The fraction of sp³-hybridized carbons (Fsp3) is 0. The zero-order valence-corrected chi connectivity index (χ0v) is 19.8. The maximum absolute atomic E-state index is 10.0. The molecule has 0 aliphatic heterocycles. The lowest BCUT2D eigenvalue weighted by molar-refractivity contribution is 1.21. The standard InChI is InChI=1S/C34H19N3/c35-20-22-10-9-11-23(21-36)32(22)33-26-14-1-3-16-28(26)34(29-17-4-2-15-27(29)33)37-30-18-7-5-12-24(30)25-13-6-8-19-31(25)37/h1-19H. The number of nitriles is 2. The van der Waals surface area contributed by atoms with Crippen molar-refractivity contribution in [3.8, 4) is 29.0 Å². The zero-order valence-electron chi connectivity index (χ0n) is 19.8. The van der Waals surface area contributed by atoms with Crippen LogP contribution in [0.15, 0.2) is 115 Å². The highest BCUT2D eigenvalue weighted by Gasteiger charge is 2.22. The van der Waals surface area contributed by atoms with E-state index < -0.39 is 0 Å². The molecule has 0 amide bonds. The summed E-state index contributed by atoms with van der Waals surface area (Å²) in [5.74, 6) is 0. The molecule has 0 spiro atoms. The summed E-state index contributed by atoms with van der Waals surface area (Å²) in [5.41, 5.74) is 5.99. The second kappa shape index (κ2) is 8.09. The van der Waals surface area contributed by atoms with Crippen molar-refractivity contribution in [2.45, 2.75) is 0 Å². The number of aromatic nitrogens is 1. The third kappa shape index (κ3) is 2.92. The predicted molar refractivity (Wildman–Crippen MR) is 151 cm³/mol. The van der Waals surface area contributed by atoms with E-state index in [2.05, 4.69) is 102 Å². The summed E-state index contributed by atoms with van der Waals surface area (Å²) in [6.07, 6.45) is 0. The molecular weight excluding hydrogens is 450 g/mol. The summed E-state index contributed by atoms with van der Waals surface area (Å²) in [6.45, 7) is 0. The fourth-order valence-electron chi connectivity index (χ4n) is 5.79. The summed E-state index contributed by atoms with van der Waals surface area (Å²) in [6, 6.07) is 43.7. The second-order valence-corrected chi connectivity index (χ2v) is 9.14. The van der Waals surface area contributed by atoms with E-state index in [1.165, 1.54) is 10.8 Å². The number of para-hydroxylation sites is 2. The first-order valence-corrected chi connectivity index (χ1v) is 12.2. The molecule has 7 rings (SSSR count). The maximum Gasteiger partial charge on any atom is 0.0998 e. The third-order valence-electron chi connectivity index (χ3n) is 7.26. The van der Waals surface area contributed by atoms with E-state index in [0.717, 1.165) is 43.8 Å². The Morgan fingerprint density at radius 2 is 0.811 bits per heavy atom. The molecule has 0 unspecified atom stereocenters. The molecule has 0 bridgehead atoms. The average Bonchev–Trinajstić information content (AvgIpc) is 3.29. The molecule has 0 fully saturated rings. The summed E-state index contributed by atoms with van der Waals surface area (Å²) in [4.78, 5) is 0. The molecule has 1 heterocycles. The normalized spacial score (nSPS) is 11.2. The van der Waals surface area contributed by atoms with Gasteiger partial charge in [-0.2, -0.15) is 10.5 Å². The van der Waals surface area contributed by atoms with Gasteiger partial charge < -0.3 is 4.57 Å². The highest BCUT2D eigenvalue weighted by atomic mass is 15.0. The van der Waals surface area contributed by atoms with E-state index in [0.29, 0.717) is 16.7 Å². The van der Waals surface area contributed by atoms with Gasteiger partial charge in [0.1, 0.15) is 0 Å². The smallest absolute Gasteiger partial charge is 0.0998 e. The van der Waals surface area contributed by atoms with Crippen molar-refractivity contribution < 1.29 is 0 Å². The van der Waals surface area contributed by atoms with Crippen LogP contribution in [0.4, 0.5) is 0 Å². The van der Waals surface area contributed by atoms with Crippen LogP contribution in [0.5, 0.6) is 0 Å². The number of rotatable bonds is 2. The summed E-state index contributed by atoms with van der Waals surface area (Å²) in [7, 11) is 0. The Morgan fingerprint density at radius 1 is 0.405 bits per heavy atom. The van der Waals surface area contributed by atoms with Crippen LogP contribution in [0.25, 0.3) is 60.2 Å².